The first-order chi connectivity index (χ1) is 13.3. The quantitative estimate of drug-likeness (QED) is 0.457. The molecular weight excluding hydrogens is 361 g/mol. The van der Waals surface area contributed by atoms with Gasteiger partial charge in [0.25, 0.3) is 0 Å². The number of aliphatic imine (C=N–C) groups is 1. The van der Waals surface area contributed by atoms with E-state index in [-0.39, 0.29) is 24.3 Å². The van der Waals surface area contributed by atoms with E-state index in [9.17, 15) is 9.18 Å². The minimum Gasteiger partial charge on any atom is -0.379 e. The van der Waals surface area contributed by atoms with E-state index in [1.165, 1.54) is 12.1 Å². The lowest BCUT2D eigenvalue weighted by Crippen LogP contribution is -2.46. The first-order valence-corrected chi connectivity index (χ1v) is 9.73. The van der Waals surface area contributed by atoms with E-state index in [0.29, 0.717) is 32.3 Å². The van der Waals surface area contributed by atoms with Crippen molar-refractivity contribution < 1.29 is 13.9 Å². The van der Waals surface area contributed by atoms with Gasteiger partial charge in [-0.2, -0.15) is 0 Å². The van der Waals surface area contributed by atoms with Crippen molar-refractivity contribution in [1.29, 1.82) is 0 Å². The number of nitrogens with zero attached hydrogens (tertiary/aromatic N) is 2. The average molecular weight is 394 g/mol. The second-order valence-corrected chi connectivity index (χ2v) is 7.54. The van der Waals surface area contributed by atoms with Gasteiger partial charge < -0.3 is 21.1 Å². The van der Waals surface area contributed by atoms with Crippen LogP contribution in [0.1, 0.15) is 32.4 Å². The summed E-state index contributed by atoms with van der Waals surface area (Å²) in [4.78, 5) is 18.4. The summed E-state index contributed by atoms with van der Waals surface area (Å²) in [5.41, 5.74) is 5.75. The summed E-state index contributed by atoms with van der Waals surface area (Å²) in [7, 11) is 0. The number of ether oxygens (including phenoxy) is 1. The van der Waals surface area contributed by atoms with Crippen LogP contribution >= 0.6 is 0 Å². The molecule has 1 saturated heterocycles. The van der Waals surface area contributed by atoms with Crippen molar-refractivity contribution in [2.75, 3.05) is 45.9 Å². The van der Waals surface area contributed by atoms with Crippen LogP contribution in [0.4, 0.5) is 4.39 Å². The normalized spacial score (nSPS) is 17.2. The number of carbonyl (C=O) groups is 1. The molecule has 156 valence electrons. The lowest BCUT2D eigenvalue weighted by atomic mass is 9.93. The third-order valence-electron chi connectivity index (χ3n) is 4.85. The molecule has 7 nitrogen and oxygen atoms in total. The fraction of sp³-hybridized carbons (Fsp3) is 0.600. The van der Waals surface area contributed by atoms with Gasteiger partial charge in [0.1, 0.15) is 5.82 Å². The van der Waals surface area contributed by atoms with Gasteiger partial charge in [-0.15, -0.1) is 0 Å². The van der Waals surface area contributed by atoms with Gasteiger partial charge >= 0.3 is 0 Å². The van der Waals surface area contributed by atoms with Gasteiger partial charge in [-0.1, -0.05) is 12.1 Å². The van der Waals surface area contributed by atoms with Gasteiger partial charge in [0.2, 0.25) is 5.91 Å². The lowest BCUT2D eigenvalue weighted by Gasteiger charge is -2.35. The zero-order valence-electron chi connectivity index (χ0n) is 17.0. The maximum Gasteiger partial charge on any atom is 0.224 e. The molecular formula is C20H32FN5O2. The third-order valence-corrected chi connectivity index (χ3v) is 4.85. The van der Waals surface area contributed by atoms with E-state index in [1.54, 1.807) is 13.8 Å². The predicted molar refractivity (Wildman–Crippen MR) is 108 cm³/mol. The van der Waals surface area contributed by atoms with Crippen LogP contribution in [0.5, 0.6) is 0 Å². The maximum atomic E-state index is 13.4. The molecule has 1 heterocycles. The monoisotopic (exact) mass is 393 g/mol. The summed E-state index contributed by atoms with van der Waals surface area (Å²) < 4.78 is 18.8. The standard InChI is InChI=1S/C20H32FN5O2/c1-4-23-19(25-14-20(2,3)18(22)27)24-13-17(26-9-11-28-12-10-26)15-5-7-16(21)8-6-15/h5-8,17H,4,9-14H2,1-3H3,(H2,22,27)(H2,23,24,25). The van der Waals surface area contributed by atoms with E-state index in [1.807, 2.05) is 19.1 Å². The molecule has 0 saturated carbocycles. The number of hydrogen-bond acceptors (Lipinski definition) is 4. The number of guanidine groups is 1. The number of halogens is 1. The number of primary amides is 1. The molecule has 1 aromatic carbocycles. The van der Waals surface area contributed by atoms with Crippen LogP contribution in [-0.4, -0.2) is 62.7 Å². The zero-order valence-corrected chi connectivity index (χ0v) is 17.0. The number of hydrogen-bond donors (Lipinski definition) is 3. The van der Waals surface area contributed by atoms with Crippen LogP contribution in [0.3, 0.4) is 0 Å². The fourth-order valence-electron chi connectivity index (χ4n) is 2.92. The molecule has 2 rings (SSSR count). The minimum absolute atomic E-state index is 0.0532. The van der Waals surface area contributed by atoms with Crippen molar-refractivity contribution in [3.63, 3.8) is 0 Å². The van der Waals surface area contributed by atoms with Crippen molar-refractivity contribution in [2.45, 2.75) is 26.8 Å². The third kappa shape index (κ3) is 6.45. The Morgan fingerprint density at radius 2 is 1.93 bits per heavy atom. The second-order valence-electron chi connectivity index (χ2n) is 7.54. The van der Waals surface area contributed by atoms with Crippen molar-refractivity contribution in [3.8, 4) is 0 Å². The SMILES string of the molecule is CCNC(=NCC(C)(C)C(N)=O)NCC(c1ccc(F)cc1)N1CCOCC1. The number of nitrogens with one attached hydrogen (secondary N) is 2. The highest BCUT2D eigenvalue weighted by Gasteiger charge is 2.25. The number of amides is 1. The van der Waals surface area contributed by atoms with Crippen LogP contribution in [0.25, 0.3) is 0 Å². The van der Waals surface area contributed by atoms with Crippen molar-refractivity contribution in [1.82, 2.24) is 15.5 Å². The number of carbonyl (C=O) groups excluding carboxylic acids is 1. The molecule has 8 heteroatoms. The summed E-state index contributed by atoms with van der Waals surface area (Å²) in [6, 6.07) is 6.65. The highest BCUT2D eigenvalue weighted by molar-refractivity contribution is 5.82. The molecule has 0 aromatic heterocycles. The van der Waals surface area contributed by atoms with Gasteiger partial charge in [-0.3, -0.25) is 14.7 Å². The smallest absolute Gasteiger partial charge is 0.224 e. The summed E-state index contributed by atoms with van der Waals surface area (Å²) >= 11 is 0. The van der Waals surface area contributed by atoms with Gasteiger partial charge in [0.15, 0.2) is 5.96 Å². The van der Waals surface area contributed by atoms with E-state index >= 15 is 0 Å². The lowest BCUT2D eigenvalue weighted by molar-refractivity contribution is -0.125. The van der Waals surface area contributed by atoms with Gasteiger partial charge in [-0.05, 0) is 38.5 Å². The zero-order chi connectivity index (χ0) is 20.6. The Morgan fingerprint density at radius 3 is 2.50 bits per heavy atom. The molecule has 28 heavy (non-hydrogen) atoms. The summed E-state index contributed by atoms with van der Waals surface area (Å²) in [5, 5.41) is 6.55. The Morgan fingerprint density at radius 1 is 1.29 bits per heavy atom. The minimum atomic E-state index is -0.719. The molecule has 0 aliphatic carbocycles. The maximum absolute atomic E-state index is 13.4. The van der Waals surface area contributed by atoms with Crippen molar-refractivity contribution in [3.05, 3.63) is 35.6 Å². The Balaban J connectivity index is 2.12. The van der Waals surface area contributed by atoms with Gasteiger partial charge in [0.05, 0.1) is 31.2 Å². The first-order valence-electron chi connectivity index (χ1n) is 9.73. The Bertz CT molecular complexity index is 657. The first kappa shape index (κ1) is 22.1. The molecule has 1 amide bonds. The molecule has 1 aromatic rings. The van der Waals surface area contributed by atoms with Crippen LogP contribution in [0.15, 0.2) is 29.3 Å². The largest absolute Gasteiger partial charge is 0.379 e. The van der Waals surface area contributed by atoms with Crippen LogP contribution < -0.4 is 16.4 Å². The molecule has 0 bridgehead atoms. The Kier molecular flexibility index (Phi) is 8.19. The van der Waals surface area contributed by atoms with E-state index in [2.05, 4.69) is 20.5 Å². The fourth-order valence-corrected chi connectivity index (χ4v) is 2.92. The van der Waals surface area contributed by atoms with Crippen LogP contribution in [-0.2, 0) is 9.53 Å². The molecule has 1 unspecified atom stereocenters. The number of rotatable bonds is 8. The Labute approximate surface area is 166 Å². The number of morpholine rings is 1. The molecule has 1 aliphatic rings. The molecule has 0 radical (unpaired) electrons. The van der Waals surface area contributed by atoms with Gasteiger partial charge in [0, 0.05) is 26.2 Å². The van der Waals surface area contributed by atoms with Gasteiger partial charge in [-0.25, -0.2) is 4.39 Å². The summed E-state index contributed by atoms with van der Waals surface area (Å²) in [6.45, 7) is 10.1. The number of nitrogens with two attached hydrogens (primary N) is 1. The van der Waals surface area contributed by atoms with Crippen molar-refractivity contribution in [2.24, 2.45) is 16.1 Å². The second kappa shape index (κ2) is 10.4. The molecule has 1 atom stereocenters. The van der Waals surface area contributed by atoms with Crippen LogP contribution in [0.2, 0.25) is 0 Å². The summed E-state index contributed by atoms with van der Waals surface area (Å²) in [6.07, 6.45) is 0. The van der Waals surface area contributed by atoms with E-state index in [0.717, 1.165) is 18.7 Å². The highest BCUT2D eigenvalue weighted by Crippen LogP contribution is 2.22. The Hall–Kier alpha value is -2.19. The van der Waals surface area contributed by atoms with E-state index in [4.69, 9.17) is 10.5 Å². The topological polar surface area (TPSA) is 92.0 Å². The molecule has 0 spiro atoms. The summed E-state index contributed by atoms with van der Waals surface area (Å²) in [5.74, 6) is -0.0113. The molecule has 4 N–H and O–H groups in total. The molecule has 1 fully saturated rings. The average Bonchev–Trinajstić information content (AvgIpc) is 2.68. The van der Waals surface area contributed by atoms with Crippen LogP contribution in [0, 0.1) is 11.2 Å². The highest BCUT2D eigenvalue weighted by atomic mass is 19.1. The number of benzene rings is 1. The van der Waals surface area contributed by atoms with Crippen molar-refractivity contribution >= 4 is 11.9 Å². The van der Waals surface area contributed by atoms with E-state index < -0.39 is 5.41 Å². The molecule has 1 aliphatic heterocycles. The predicted octanol–water partition coefficient (Wildman–Crippen LogP) is 1.27.